The van der Waals surface area contributed by atoms with Crippen molar-refractivity contribution >= 4 is 23.2 Å². The van der Waals surface area contributed by atoms with E-state index in [1.807, 2.05) is 41.3 Å². The van der Waals surface area contributed by atoms with Gasteiger partial charge in [0.15, 0.2) is 0 Å². The second-order valence-corrected chi connectivity index (χ2v) is 8.39. The van der Waals surface area contributed by atoms with Crippen LogP contribution in [0.3, 0.4) is 0 Å². The summed E-state index contributed by atoms with van der Waals surface area (Å²) in [5.74, 6) is -0.285. The maximum absolute atomic E-state index is 13.1. The Kier molecular flexibility index (Phi) is 5.95. The average molecular weight is 423 g/mol. The fourth-order valence-electron chi connectivity index (χ4n) is 3.56. The lowest BCUT2D eigenvalue weighted by molar-refractivity contribution is 0.0538. The average Bonchev–Trinajstić information content (AvgIpc) is 3.29. The highest BCUT2D eigenvalue weighted by Gasteiger charge is 2.26. The zero-order valence-corrected chi connectivity index (χ0v) is 17.6. The molecule has 0 bridgehead atoms. The lowest BCUT2D eigenvalue weighted by Gasteiger charge is -2.34. The molecule has 0 aliphatic carbocycles. The summed E-state index contributed by atoms with van der Waals surface area (Å²) in [4.78, 5) is 30.8. The first kappa shape index (κ1) is 20.3. The highest BCUT2D eigenvalue weighted by Crippen LogP contribution is 2.29. The van der Waals surface area contributed by atoms with Gasteiger partial charge in [0, 0.05) is 36.6 Å². The van der Waals surface area contributed by atoms with Crippen molar-refractivity contribution in [2.24, 2.45) is 0 Å². The van der Waals surface area contributed by atoms with E-state index in [0.29, 0.717) is 36.6 Å². The van der Waals surface area contributed by atoms with Gasteiger partial charge in [-0.15, -0.1) is 11.3 Å². The Morgan fingerprint density at radius 3 is 2.03 bits per heavy atom. The number of amides is 2. The molecule has 0 saturated carbocycles. The molecule has 2 amide bonds. The molecular weight excluding hydrogens is 399 g/mol. The maximum Gasteiger partial charge on any atom is 0.264 e. The summed E-state index contributed by atoms with van der Waals surface area (Å²) in [5, 5.41) is 0. The van der Waals surface area contributed by atoms with E-state index < -0.39 is 0 Å². The van der Waals surface area contributed by atoms with E-state index in [1.54, 1.807) is 17.0 Å². The fraction of sp³-hybridized carbons (Fsp3) is 0.250. The molecule has 0 atom stereocenters. The van der Waals surface area contributed by atoms with Gasteiger partial charge in [-0.2, -0.15) is 0 Å². The highest BCUT2D eigenvalue weighted by molar-refractivity contribution is 7.17. The Bertz CT molecular complexity index is 1040. The summed E-state index contributed by atoms with van der Waals surface area (Å²) < 4.78 is 13.1. The number of nitrogens with zero attached hydrogens (tertiary/aromatic N) is 2. The van der Waals surface area contributed by atoms with E-state index in [9.17, 15) is 14.0 Å². The first-order chi connectivity index (χ1) is 14.5. The minimum Gasteiger partial charge on any atom is -0.335 e. The van der Waals surface area contributed by atoms with Crippen LogP contribution in [0.5, 0.6) is 0 Å². The zero-order chi connectivity index (χ0) is 21.1. The van der Waals surface area contributed by atoms with Gasteiger partial charge in [-0.05, 0) is 53.9 Å². The molecule has 1 aliphatic rings. The van der Waals surface area contributed by atoms with Crippen molar-refractivity contribution in [2.45, 2.75) is 13.3 Å². The Morgan fingerprint density at radius 1 is 0.833 bits per heavy atom. The third-order valence-electron chi connectivity index (χ3n) is 5.41. The van der Waals surface area contributed by atoms with Gasteiger partial charge >= 0.3 is 0 Å². The molecule has 6 heteroatoms. The van der Waals surface area contributed by atoms with Crippen molar-refractivity contribution in [1.29, 1.82) is 0 Å². The molecule has 0 radical (unpaired) electrons. The van der Waals surface area contributed by atoms with Crippen molar-refractivity contribution in [3.05, 3.63) is 82.5 Å². The van der Waals surface area contributed by atoms with Crippen LogP contribution in [0, 0.1) is 5.82 Å². The van der Waals surface area contributed by atoms with Crippen LogP contribution < -0.4 is 0 Å². The van der Waals surface area contributed by atoms with Crippen LogP contribution in [0.25, 0.3) is 10.4 Å². The van der Waals surface area contributed by atoms with E-state index in [4.69, 9.17) is 0 Å². The minimum atomic E-state index is -0.277. The van der Waals surface area contributed by atoms with Gasteiger partial charge in [0.25, 0.3) is 11.8 Å². The highest BCUT2D eigenvalue weighted by atomic mass is 32.1. The molecule has 4 nitrogen and oxygen atoms in total. The van der Waals surface area contributed by atoms with Crippen LogP contribution in [0.15, 0.2) is 60.7 Å². The van der Waals surface area contributed by atoms with Gasteiger partial charge in [0.1, 0.15) is 5.82 Å². The van der Waals surface area contributed by atoms with Crippen LogP contribution >= 0.6 is 11.3 Å². The van der Waals surface area contributed by atoms with E-state index in [0.717, 1.165) is 16.9 Å². The Balaban J connectivity index is 1.37. The second kappa shape index (κ2) is 8.79. The number of piperazine rings is 1. The Morgan fingerprint density at radius 2 is 1.43 bits per heavy atom. The van der Waals surface area contributed by atoms with Gasteiger partial charge in [-0.3, -0.25) is 9.59 Å². The second-order valence-electron chi connectivity index (χ2n) is 7.31. The molecule has 154 valence electrons. The molecule has 3 aromatic rings. The third kappa shape index (κ3) is 4.28. The summed E-state index contributed by atoms with van der Waals surface area (Å²) in [6.45, 7) is 4.17. The molecule has 1 aromatic heterocycles. The molecule has 2 heterocycles. The molecule has 2 aromatic carbocycles. The number of thiophene rings is 1. The lowest BCUT2D eigenvalue weighted by atomic mass is 10.1. The molecule has 4 rings (SSSR count). The molecular formula is C24H23FN2O2S. The van der Waals surface area contributed by atoms with Crippen LogP contribution in [-0.2, 0) is 6.42 Å². The monoisotopic (exact) mass is 422 g/mol. The van der Waals surface area contributed by atoms with Crippen molar-refractivity contribution in [1.82, 2.24) is 9.80 Å². The zero-order valence-electron chi connectivity index (χ0n) is 16.8. The van der Waals surface area contributed by atoms with Crippen LogP contribution in [0.2, 0.25) is 0 Å². The normalized spacial score (nSPS) is 14.1. The fourth-order valence-corrected chi connectivity index (χ4v) is 4.54. The van der Waals surface area contributed by atoms with Crippen LogP contribution in [0.4, 0.5) is 4.39 Å². The topological polar surface area (TPSA) is 40.6 Å². The summed E-state index contributed by atoms with van der Waals surface area (Å²) in [6.07, 6.45) is 0.945. The van der Waals surface area contributed by atoms with Crippen molar-refractivity contribution < 1.29 is 14.0 Å². The number of aryl methyl sites for hydroxylation is 1. The number of benzene rings is 2. The smallest absolute Gasteiger partial charge is 0.264 e. The summed E-state index contributed by atoms with van der Waals surface area (Å²) in [7, 11) is 0. The predicted molar refractivity (Wildman–Crippen MR) is 117 cm³/mol. The first-order valence-electron chi connectivity index (χ1n) is 10.1. The predicted octanol–water partition coefficient (Wildman–Crippen LogP) is 4.71. The summed E-state index contributed by atoms with van der Waals surface area (Å²) >= 11 is 1.41. The van der Waals surface area contributed by atoms with Crippen molar-refractivity contribution in [3.8, 4) is 10.4 Å². The minimum absolute atomic E-state index is 0.0134. The molecule has 1 aliphatic heterocycles. The van der Waals surface area contributed by atoms with Crippen molar-refractivity contribution in [3.63, 3.8) is 0 Å². The third-order valence-corrected chi connectivity index (χ3v) is 6.53. The standard InChI is InChI=1S/C24H23FN2O2S/c1-2-17-3-5-19(6-4-17)23(28)26-13-15-27(16-14-26)24(29)22-12-11-21(30-22)18-7-9-20(25)10-8-18/h3-12H,2,13-16H2,1H3. The van der Waals surface area contributed by atoms with Gasteiger partial charge in [0.05, 0.1) is 4.88 Å². The van der Waals surface area contributed by atoms with Gasteiger partial charge in [-0.25, -0.2) is 4.39 Å². The first-order valence-corrected chi connectivity index (χ1v) is 10.9. The van der Waals surface area contributed by atoms with E-state index in [2.05, 4.69) is 6.92 Å². The largest absolute Gasteiger partial charge is 0.335 e. The number of rotatable bonds is 4. The van der Waals surface area contributed by atoms with Crippen LogP contribution in [-0.4, -0.2) is 47.8 Å². The molecule has 0 unspecified atom stereocenters. The van der Waals surface area contributed by atoms with Gasteiger partial charge in [-0.1, -0.05) is 31.2 Å². The number of hydrogen-bond acceptors (Lipinski definition) is 3. The maximum atomic E-state index is 13.1. The molecule has 30 heavy (non-hydrogen) atoms. The SMILES string of the molecule is CCc1ccc(C(=O)N2CCN(C(=O)c3ccc(-c4ccc(F)cc4)s3)CC2)cc1. The number of hydrogen-bond donors (Lipinski definition) is 0. The summed E-state index contributed by atoms with van der Waals surface area (Å²) in [6, 6.07) is 17.7. The van der Waals surface area contributed by atoms with Crippen LogP contribution in [0.1, 0.15) is 32.5 Å². The number of halogens is 1. The number of carbonyl (C=O) groups excluding carboxylic acids is 2. The molecule has 0 N–H and O–H groups in total. The Labute approximate surface area is 179 Å². The number of carbonyl (C=O) groups is 2. The molecule has 1 fully saturated rings. The van der Waals surface area contributed by atoms with E-state index >= 15 is 0 Å². The lowest BCUT2D eigenvalue weighted by Crippen LogP contribution is -2.50. The van der Waals surface area contributed by atoms with Gasteiger partial charge < -0.3 is 9.80 Å². The van der Waals surface area contributed by atoms with Gasteiger partial charge in [0.2, 0.25) is 0 Å². The quantitative estimate of drug-likeness (QED) is 0.611. The molecule has 1 saturated heterocycles. The summed E-state index contributed by atoms with van der Waals surface area (Å²) in [5.41, 5.74) is 2.79. The van der Waals surface area contributed by atoms with E-state index in [-0.39, 0.29) is 17.6 Å². The van der Waals surface area contributed by atoms with E-state index in [1.165, 1.54) is 29.0 Å². The van der Waals surface area contributed by atoms with Crippen molar-refractivity contribution in [2.75, 3.05) is 26.2 Å². The molecule has 0 spiro atoms. The Hall–Kier alpha value is -2.99.